The van der Waals surface area contributed by atoms with Gasteiger partial charge in [-0.1, -0.05) is 0 Å². The Labute approximate surface area is 167 Å². The predicted molar refractivity (Wildman–Crippen MR) is 101 cm³/mol. The molecule has 0 N–H and O–H groups in total. The second kappa shape index (κ2) is 9.17. The maximum absolute atomic E-state index is 12.6. The maximum atomic E-state index is 12.6. The summed E-state index contributed by atoms with van der Waals surface area (Å²) in [5.41, 5.74) is 2.64. The van der Waals surface area contributed by atoms with Crippen molar-refractivity contribution in [2.24, 2.45) is 5.92 Å². The van der Waals surface area contributed by atoms with E-state index in [1.54, 1.807) is 25.1 Å². The third-order valence-electron chi connectivity index (χ3n) is 4.95. The molecule has 1 aliphatic heterocycles. The summed E-state index contributed by atoms with van der Waals surface area (Å²) in [6.45, 7) is 1.46. The van der Waals surface area contributed by atoms with Gasteiger partial charge in [-0.15, -0.1) is 0 Å². The Balaban J connectivity index is 1.69. The second-order valence-electron chi connectivity index (χ2n) is 6.91. The van der Waals surface area contributed by atoms with E-state index in [0.717, 1.165) is 5.69 Å². The summed E-state index contributed by atoms with van der Waals surface area (Å²) in [5.74, 6) is -0.826. The van der Waals surface area contributed by atoms with E-state index < -0.39 is 6.61 Å². The number of nitrogens with zero attached hydrogens (tertiary/aromatic N) is 1. The Kier molecular flexibility index (Phi) is 6.64. The highest BCUT2D eigenvalue weighted by molar-refractivity contribution is 5.99. The van der Waals surface area contributed by atoms with Gasteiger partial charge in [0.25, 0.3) is 0 Å². The molecule has 156 valence electrons. The third kappa shape index (κ3) is 5.00. The molecule has 0 radical (unpaired) electrons. The molecular weight excluding hydrogens is 384 g/mol. The standard InChI is InChI=1S/C21H23F2NO5/c1-13-11-18(19(25)12-28-20(26)15-7-9-27-10-8-15)14(2)24(13)16-3-5-17(6-4-16)29-21(22)23/h3-6,11,15,21H,7-10,12H2,1-2H3. The fraction of sp³-hybridized carbons (Fsp3) is 0.429. The van der Waals surface area contributed by atoms with Gasteiger partial charge >= 0.3 is 12.6 Å². The van der Waals surface area contributed by atoms with Gasteiger partial charge in [0.2, 0.25) is 5.78 Å². The molecule has 0 bridgehead atoms. The van der Waals surface area contributed by atoms with E-state index in [1.807, 2.05) is 11.5 Å². The lowest BCUT2D eigenvalue weighted by Crippen LogP contribution is -2.27. The molecule has 0 aliphatic carbocycles. The molecule has 1 saturated heterocycles. The monoisotopic (exact) mass is 407 g/mol. The number of aromatic nitrogens is 1. The molecular formula is C21H23F2NO5. The summed E-state index contributed by atoms with van der Waals surface area (Å²) in [7, 11) is 0. The molecule has 1 aliphatic rings. The quantitative estimate of drug-likeness (QED) is 0.515. The minimum Gasteiger partial charge on any atom is -0.457 e. The van der Waals surface area contributed by atoms with E-state index in [2.05, 4.69) is 4.74 Å². The van der Waals surface area contributed by atoms with E-state index in [0.29, 0.717) is 43.0 Å². The van der Waals surface area contributed by atoms with Crippen LogP contribution in [-0.4, -0.2) is 42.8 Å². The lowest BCUT2D eigenvalue weighted by atomic mass is 10.0. The first-order valence-corrected chi connectivity index (χ1v) is 9.38. The van der Waals surface area contributed by atoms with Crippen LogP contribution in [0.3, 0.4) is 0 Å². The van der Waals surface area contributed by atoms with Gasteiger partial charge in [0.1, 0.15) is 5.75 Å². The van der Waals surface area contributed by atoms with Gasteiger partial charge in [-0.05, 0) is 57.0 Å². The molecule has 29 heavy (non-hydrogen) atoms. The smallest absolute Gasteiger partial charge is 0.387 e. The Morgan fingerprint density at radius 3 is 2.45 bits per heavy atom. The number of alkyl halides is 2. The molecule has 0 saturated carbocycles. The molecule has 1 aromatic heterocycles. The zero-order chi connectivity index (χ0) is 21.0. The van der Waals surface area contributed by atoms with Gasteiger partial charge in [-0.2, -0.15) is 8.78 Å². The zero-order valence-electron chi connectivity index (χ0n) is 16.3. The van der Waals surface area contributed by atoms with Crippen molar-refractivity contribution in [2.45, 2.75) is 33.3 Å². The molecule has 1 aromatic carbocycles. The number of carbonyl (C=O) groups excluding carboxylic acids is 2. The summed E-state index contributed by atoms with van der Waals surface area (Å²) < 4.78 is 41.2. The van der Waals surface area contributed by atoms with Crippen LogP contribution in [0.15, 0.2) is 30.3 Å². The largest absolute Gasteiger partial charge is 0.457 e. The highest BCUT2D eigenvalue weighted by atomic mass is 19.3. The van der Waals surface area contributed by atoms with Crippen LogP contribution in [0.1, 0.15) is 34.6 Å². The number of benzene rings is 1. The van der Waals surface area contributed by atoms with Crippen molar-refractivity contribution >= 4 is 11.8 Å². The van der Waals surface area contributed by atoms with Gasteiger partial charge < -0.3 is 18.8 Å². The van der Waals surface area contributed by atoms with Crippen molar-refractivity contribution in [3.63, 3.8) is 0 Å². The summed E-state index contributed by atoms with van der Waals surface area (Å²) >= 11 is 0. The Morgan fingerprint density at radius 2 is 1.83 bits per heavy atom. The number of esters is 1. The summed E-state index contributed by atoms with van der Waals surface area (Å²) in [6, 6.07) is 7.88. The number of hydrogen-bond acceptors (Lipinski definition) is 5. The summed E-state index contributed by atoms with van der Waals surface area (Å²) in [4.78, 5) is 24.7. The van der Waals surface area contributed by atoms with Gasteiger partial charge in [0.15, 0.2) is 6.61 Å². The van der Waals surface area contributed by atoms with Crippen LogP contribution in [-0.2, 0) is 14.3 Å². The predicted octanol–water partition coefficient (Wildman–Crippen LogP) is 3.85. The second-order valence-corrected chi connectivity index (χ2v) is 6.91. The number of rotatable bonds is 7. The Hall–Kier alpha value is -2.74. The summed E-state index contributed by atoms with van der Waals surface area (Å²) in [6.07, 6.45) is 1.21. The van der Waals surface area contributed by atoms with Crippen LogP contribution in [0.5, 0.6) is 5.75 Å². The molecule has 8 heteroatoms. The Morgan fingerprint density at radius 1 is 1.17 bits per heavy atom. The highest BCUT2D eigenvalue weighted by Gasteiger charge is 2.25. The van der Waals surface area contributed by atoms with E-state index >= 15 is 0 Å². The average Bonchev–Trinajstić information content (AvgIpc) is 3.01. The van der Waals surface area contributed by atoms with Gasteiger partial charge in [-0.3, -0.25) is 9.59 Å². The van der Waals surface area contributed by atoms with Crippen LogP contribution in [0.2, 0.25) is 0 Å². The molecule has 1 fully saturated rings. The molecule has 0 amide bonds. The topological polar surface area (TPSA) is 66.8 Å². The average molecular weight is 407 g/mol. The number of halogens is 2. The lowest BCUT2D eigenvalue weighted by Gasteiger charge is -2.20. The van der Waals surface area contributed by atoms with Crippen molar-refractivity contribution in [3.05, 3.63) is 47.3 Å². The number of ketones is 1. The van der Waals surface area contributed by atoms with Gasteiger partial charge in [0, 0.05) is 35.9 Å². The lowest BCUT2D eigenvalue weighted by molar-refractivity contribution is -0.150. The number of aryl methyl sites for hydroxylation is 1. The molecule has 0 atom stereocenters. The van der Waals surface area contributed by atoms with Crippen molar-refractivity contribution in [2.75, 3.05) is 19.8 Å². The van der Waals surface area contributed by atoms with Crippen molar-refractivity contribution in [3.8, 4) is 11.4 Å². The maximum Gasteiger partial charge on any atom is 0.387 e. The number of Topliss-reactive ketones (excluding diaryl/α,β-unsaturated/α-hetero) is 1. The number of hydrogen-bond donors (Lipinski definition) is 0. The van der Waals surface area contributed by atoms with E-state index in [9.17, 15) is 18.4 Å². The van der Waals surface area contributed by atoms with Gasteiger partial charge in [-0.25, -0.2) is 0 Å². The molecule has 2 heterocycles. The van der Waals surface area contributed by atoms with Crippen LogP contribution < -0.4 is 4.74 Å². The molecule has 6 nitrogen and oxygen atoms in total. The first-order valence-electron chi connectivity index (χ1n) is 9.38. The molecule has 0 spiro atoms. The molecule has 0 unspecified atom stereocenters. The number of carbonyl (C=O) groups is 2. The van der Waals surface area contributed by atoms with Gasteiger partial charge in [0.05, 0.1) is 5.92 Å². The van der Waals surface area contributed by atoms with Crippen molar-refractivity contribution < 1.29 is 32.6 Å². The fourth-order valence-corrected chi connectivity index (χ4v) is 3.48. The minimum absolute atomic E-state index is 0.0579. The third-order valence-corrected chi connectivity index (χ3v) is 4.95. The van der Waals surface area contributed by atoms with Crippen LogP contribution in [0, 0.1) is 19.8 Å². The van der Waals surface area contributed by atoms with Crippen molar-refractivity contribution in [1.29, 1.82) is 0 Å². The van der Waals surface area contributed by atoms with Crippen LogP contribution >= 0.6 is 0 Å². The molecule has 3 rings (SSSR count). The highest BCUT2D eigenvalue weighted by Crippen LogP contribution is 2.24. The summed E-state index contributed by atoms with van der Waals surface area (Å²) in [5, 5.41) is 0. The van der Waals surface area contributed by atoms with Crippen LogP contribution in [0.4, 0.5) is 8.78 Å². The minimum atomic E-state index is -2.89. The normalized spacial score (nSPS) is 14.8. The zero-order valence-corrected chi connectivity index (χ0v) is 16.3. The number of ether oxygens (including phenoxy) is 3. The first-order chi connectivity index (χ1) is 13.9. The molecule has 2 aromatic rings. The van der Waals surface area contributed by atoms with Crippen molar-refractivity contribution in [1.82, 2.24) is 4.57 Å². The van der Waals surface area contributed by atoms with E-state index in [-0.39, 0.29) is 30.0 Å². The van der Waals surface area contributed by atoms with E-state index in [1.165, 1.54) is 12.1 Å². The first kappa shape index (κ1) is 21.0. The fourth-order valence-electron chi connectivity index (χ4n) is 3.48. The van der Waals surface area contributed by atoms with Crippen LogP contribution in [0.25, 0.3) is 5.69 Å². The Bertz CT molecular complexity index is 870. The van der Waals surface area contributed by atoms with E-state index in [4.69, 9.17) is 9.47 Å². The SMILES string of the molecule is Cc1cc(C(=O)COC(=O)C2CCOCC2)c(C)n1-c1ccc(OC(F)F)cc1.